The van der Waals surface area contributed by atoms with Crippen molar-refractivity contribution in [3.8, 4) is 5.75 Å². The molecule has 2 fully saturated rings. The zero-order chi connectivity index (χ0) is 23.8. The van der Waals surface area contributed by atoms with Crippen LogP contribution in [0.15, 0.2) is 47.6 Å². The Hall–Kier alpha value is -2.61. The largest absolute Gasteiger partial charge is 0.494 e. The molecule has 2 heterocycles. The van der Waals surface area contributed by atoms with Gasteiger partial charge in [-0.1, -0.05) is 19.1 Å². The molecular formula is C25H29F3N2O3. The topological polar surface area (TPSA) is 49.9 Å². The van der Waals surface area contributed by atoms with Crippen molar-refractivity contribution in [2.75, 3.05) is 33.3 Å². The summed E-state index contributed by atoms with van der Waals surface area (Å²) >= 11 is 0. The molecule has 0 N–H and O–H groups in total. The van der Waals surface area contributed by atoms with Crippen LogP contribution < -0.4 is 4.74 Å². The number of amides is 1. The van der Waals surface area contributed by atoms with Crippen LogP contribution in [0.1, 0.15) is 43.0 Å². The maximum absolute atomic E-state index is 13.1. The molecular weight excluding hydrogens is 433 g/mol. The number of alkyl halides is 3. The van der Waals surface area contributed by atoms with Gasteiger partial charge in [0.1, 0.15) is 5.75 Å². The number of Topliss-reactive ketones (excluding diaryl/α,β-unsaturated/α-hetero) is 1. The number of halogens is 3. The van der Waals surface area contributed by atoms with Crippen molar-refractivity contribution < 1.29 is 27.5 Å². The van der Waals surface area contributed by atoms with Gasteiger partial charge in [-0.05, 0) is 69.1 Å². The number of ketones is 1. The molecule has 0 radical (unpaired) electrons. The van der Waals surface area contributed by atoms with Crippen LogP contribution in [0.2, 0.25) is 0 Å². The Kier molecular flexibility index (Phi) is 6.40. The fourth-order valence-electron chi connectivity index (χ4n) is 5.37. The third-order valence-corrected chi connectivity index (χ3v) is 7.19. The first-order chi connectivity index (χ1) is 15.7. The second-order valence-electron chi connectivity index (χ2n) is 9.03. The lowest BCUT2D eigenvalue weighted by Gasteiger charge is -2.53. The molecule has 2 saturated heterocycles. The molecule has 33 heavy (non-hydrogen) atoms. The third kappa shape index (κ3) is 4.33. The summed E-state index contributed by atoms with van der Waals surface area (Å²) in [7, 11) is 1.98. The minimum absolute atomic E-state index is 0.0617. The number of rotatable bonds is 5. The number of benzene rings is 1. The van der Waals surface area contributed by atoms with E-state index in [1.165, 1.54) is 6.08 Å². The summed E-state index contributed by atoms with van der Waals surface area (Å²) in [6.07, 6.45) is 0.851. The number of fused-ring (bicyclic) bond motifs is 2. The van der Waals surface area contributed by atoms with Gasteiger partial charge in [0.25, 0.3) is 11.7 Å². The van der Waals surface area contributed by atoms with E-state index in [4.69, 9.17) is 4.74 Å². The lowest BCUT2D eigenvalue weighted by atomic mass is 9.69. The SMILES string of the molecule is CCCOc1ccc(C(=O)N2CCC3(CC2)C2=CC=C(C(=O)C(F)(F)F)C2CCN3C)cc1. The zero-order valence-corrected chi connectivity index (χ0v) is 19.0. The number of hydrogen-bond donors (Lipinski definition) is 0. The smallest absolute Gasteiger partial charge is 0.454 e. The minimum Gasteiger partial charge on any atom is -0.494 e. The standard InChI is InChI=1S/C25H29F3N2O3/c1-3-16-33-18-6-4-17(5-7-18)23(32)30-14-11-24(12-15-30)21-9-8-20(22(31)25(26,27)28)19(21)10-13-29(24)2/h4-9,19H,3,10-16H2,1-2H3. The van der Waals surface area contributed by atoms with Crippen molar-refractivity contribution in [1.29, 1.82) is 0 Å². The van der Waals surface area contributed by atoms with Crippen LogP contribution in [0.4, 0.5) is 13.2 Å². The van der Waals surface area contributed by atoms with E-state index in [0.717, 1.165) is 17.7 Å². The maximum atomic E-state index is 13.1. The molecule has 1 atom stereocenters. The highest BCUT2D eigenvalue weighted by atomic mass is 19.4. The quantitative estimate of drug-likeness (QED) is 0.651. The molecule has 1 aromatic rings. The number of likely N-dealkylation sites (N-methyl/N-ethyl adjacent to an activating group) is 1. The van der Waals surface area contributed by atoms with Crippen molar-refractivity contribution in [2.45, 2.75) is 44.3 Å². The van der Waals surface area contributed by atoms with Crippen LogP contribution in [0.5, 0.6) is 5.75 Å². The Bertz CT molecular complexity index is 974. The molecule has 1 aromatic carbocycles. The van der Waals surface area contributed by atoms with Gasteiger partial charge in [0.05, 0.1) is 6.61 Å². The van der Waals surface area contributed by atoms with Gasteiger partial charge in [0.2, 0.25) is 0 Å². The number of carbonyl (C=O) groups is 2. The number of allylic oxidation sites excluding steroid dienone is 3. The fraction of sp³-hybridized carbons (Fsp3) is 0.520. The number of hydrogen-bond acceptors (Lipinski definition) is 4. The molecule has 4 rings (SSSR count). The van der Waals surface area contributed by atoms with E-state index in [1.54, 1.807) is 35.2 Å². The average molecular weight is 463 g/mol. The number of ether oxygens (including phenoxy) is 1. The van der Waals surface area contributed by atoms with Gasteiger partial charge < -0.3 is 9.64 Å². The van der Waals surface area contributed by atoms with E-state index < -0.39 is 23.4 Å². The predicted molar refractivity (Wildman–Crippen MR) is 118 cm³/mol. The summed E-state index contributed by atoms with van der Waals surface area (Å²) in [4.78, 5) is 29.0. The molecule has 5 nitrogen and oxygen atoms in total. The minimum atomic E-state index is -4.86. The van der Waals surface area contributed by atoms with Crippen molar-refractivity contribution >= 4 is 11.7 Å². The number of nitrogens with zero attached hydrogens (tertiary/aromatic N) is 2. The molecule has 2 aliphatic heterocycles. The maximum Gasteiger partial charge on any atom is 0.454 e. The van der Waals surface area contributed by atoms with Gasteiger partial charge in [0.15, 0.2) is 0 Å². The molecule has 8 heteroatoms. The van der Waals surface area contributed by atoms with Gasteiger partial charge in [-0.3, -0.25) is 14.5 Å². The number of piperidine rings is 2. The van der Waals surface area contributed by atoms with Gasteiger partial charge in [-0.25, -0.2) is 0 Å². The Labute approximate surface area is 191 Å². The van der Waals surface area contributed by atoms with E-state index in [9.17, 15) is 22.8 Å². The van der Waals surface area contributed by atoms with E-state index in [1.807, 2.05) is 14.0 Å². The van der Waals surface area contributed by atoms with Crippen LogP contribution in [-0.4, -0.2) is 66.5 Å². The first-order valence-electron chi connectivity index (χ1n) is 11.4. The Morgan fingerprint density at radius 2 is 1.76 bits per heavy atom. The highest BCUT2D eigenvalue weighted by Crippen LogP contribution is 2.49. The lowest BCUT2D eigenvalue weighted by Crippen LogP contribution is -2.59. The number of carbonyl (C=O) groups excluding carboxylic acids is 2. The third-order valence-electron chi connectivity index (χ3n) is 7.19. The lowest BCUT2D eigenvalue weighted by molar-refractivity contribution is -0.167. The fourth-order valence-corrected chi connectivity index (χ4v) is 5.37. The second-order valence-corrected chi connectivity index (χ2v) is 9.03. The average Bonchev–Trinajstić information content (AvgIpc) is 3.24. The summed E-state index contributed by atoms with van der Waals surface area (Å²) < 4.78 is 44.8. The summed E-state index contributed by atoms with van der Waals surface area (Å²) in [5, 5.41) is 0. The molecule has 3 aliphatic rings. The van der Waals surface area contributed by atoms with E-state index in [0.29, 0.717) is 51.1 Å². The van der Waals surface area contributed by atoms with E-state index in [-0.39, 0.29) is 11.5 Å². The predicted octanol–water partition coefficient (Wildman–Crippen LogP) is 4.40. The molecule has 0 aromatic heterocycles. The molecule has 0 bridgehead atoms. The highest BCUT2D eigenvalue weighted by Gasteiger charge is 2.52. The van der Waals surface area contributed by atoms with Crippen molar-refractivity contribution in [3.63, 3.8) is 0 Å². The molecule has 0 saturated carbocycles. The Balaban J connectivity index is 1.45. The summed E-state index contributed by atoms with van der Waals surface area (Å²) in [6.45, 7) is 4.27. The summed E-state index contributed by atoms with van der Waals surface area (Å²) in [5.74, 6) is -1.57. The molecule has 1 spiro atoms. The Morgan fingerprint density at radius 3 is 2.36 bits per heavy atom. The Morgan fingerprint density at radius 1 is 1.09 bits per heavy atom. The number of likely N-dealkylation sites (tertiary alicyclic amines) is 2. The van der Waals surface area contributed by atoms with Gasteiger partial charge in [-0.15, -0.1) is 0 Å². The van der Waals surface area contributed by atoms with E-state index in [2.05, 4.69) is 4.90 Å². The molecule has 1 unspecified atom stereocenters. The van der Waals surface area contributed by atoms with Crippen LogP contribution in [-0.2, 0) is 4.79 Å². The van der Waals surface area contributed by atoms with Crippen LogP contribution >= 0.6 is 0 Å². The molecule has 178 valence electrons. The first-order valence-corrected chi connectivity index (χ1v) is 11.4. The van der Waals surface area contributed by atoms with Crippen molar-refractivity contribution in [3.05, 3.63) is 53.1 Å². The summed E-state index contributed by atoms with van der Waals surface area (Å²) in [6, 6.07) is 7.11. The monoisotopic (exact) mass is 462 g/mol. The summed E-state index contributed by atoms with van der Waals surface area (Å²) in [5.41, 5.74) is 0.897. The normalized spacial score (nSPS) is 22.6. The van der Waals surface area contributed by atoms with Crippen LogP contribution in [0.25, 0.3) is 0 Å². The van der Waals surface area contributed by atoms with Gasteiger partial charge in [-0.2, -0.15) is 13.2 Å². The van der Waals surface area contributed by atoms with Crippen molar-refractivity contribution in [2.24, 2.45) is 5.92 Å². The first kappa shape index (κ1) is 23.5. The van der Waals surface area contributed by atoms with Crippen LogP contribution in [0.3, 0.4) is 0 Å². The second kappa shape index (κ2) is 8.97. The highest BCUT2D eigenvalue weighted by molar-refractivity contribution is 6.01. The van der Waals surface area contributed by atoms with Crippen LogP contribution in [0, 0.1) is 5.92 Å². The van der Waals surface area contributed by atoms with E-state index >= 15 is 0 Å². The van der Waals surface area contributed by atoms with Crippen molar-refractivity contribution in [1.82, 2.24) is 9.80 Å². The molecule has 1 aliphatic carbocycles. The zero-order valence-electron chi connectivity index (χ0n) is 19.0. The van der Waals surface area contributed by atoms with Gasteiger partial charge in [0, 0.05) is 35.7 Å². The van der Waals surface area contributed by atoms with Gasteiger partial charge >= 0.3 is 6.18 Å². The molecule has 1 amide bonds.